The van der Waals surface area contributed by atoms with Crippen molar-refractivity contribution in [1.29, 1.82) is 0 Å². The molecule has 0 unspecified atom stereocenters. The van der Waals surface area contributed by atoms with Gasteiger partial charge in [-0.2, -0.15) is 0 Å². The van der Waals surface area contributed by atoms with Gasteiger partial charge in [0.15, 0.2) is 11.5 Å². The number of benzene rings is 1. The van der Waals surface area contributed by atoms with Crippen molar-refractivity contribution in [1.82, 2.24) is 9.97 Å². The monoisotopic (exact) mass is 257 g/mol. The van der Waals surface area contributed by atoms with Crippen LogP contribution in [0.25, 0.3) is 11.3 Å². The van der Waals surface area contributed by atoms with Crippen LogP contribution in [0.4, 0.5) is 5.95 Å². The molecule has 1 aromatic carbocycles. The lowest BCUT2D eigenvalue weighted by molar-refractivity contribution is 0.297. The Hall–Kier alpha value is -2.30. The Kier molecular flexibility index (Phi) is 3.18. The van der Waals surface area contributed by atoms with E-state index in [4.69, 9.17) is 9.47 Å². The molecule has 0 saturated carbocycles. The average molecular weight is 257 g/mol. The highest BCUT2D eigenvalue weighted by Gasteiger charge is 2.12. The zero-order valence-electron chi connectivity index (χ0n) is 10.7. The van der Waals surface area contributed by atoms with Gasteiger partial charge in [0.1, 0.15) is 0 Å². The number of nitrogens with zero attached hydrogens (tertiary/aromatic N) is 2. The van der Waals surface area contributed by atoms with Gasteiger partial charge in [0.2, 0.25) is 5.95 Å². The molecule has 98 valence electrons. The number of ether oxygens (including phenoxy) is 2. The van der Waals surface area contributed by atoms with Crippen molar-refractivity contribution < 1.29 is 9.47 Å². The molecule has 5 heteroatoms. The molecule has 0 atom stereocenters. The highest BCUT2D eigenvalue weighted by molar-refractivity contribution is 5.64. The molecule has 1 N–H and O–H groups in total. The van der Waals surface area contributed by atoms with Gasteiger partial charge < -0.3 is 14.8 Å². The fourth-order valence-corrected chi connectivity index (χ4v) is 1.96. The summed E-state index contributed by atoms with van der Waals surface area (Å²) >= 11 is 0. The first kappa shape index (κ1) is 11.8. The predicted molar refractivity (Wildman–Crippen MR) is 72.6 cm³/mol. The summed E-state index contributed by atoms with van der Waals surface area (Å²) in [7, 11) is 1.80. The van der Waals surface area contributed by atoms with Crippen LogP contribution in [0, 0.1) is 0 Å². The normalized spacial score (nSPS) is 13.7. The van der Waals surface area contributed by atoms with Crippen molar-refractivity contribution in [2.24, 2.45) is 0 Å². The first-order valence-corrected chi connectivity index (χ1v) is 6.27. The molecule has 1 aliphatic rings. The van der Waals surface area contributed by atoms with Crippen LogP contribution in [-0.4, -0.2) is 30.2 Å². The molecular formula is C14H15N3O2. The molecule has 2 heterocycles. The summed E-state index contributed by atoms with van der Waals surface area (Å²) in [6, 6.07) is 7.75. The number of aromatic nitrogens is 2. The zero-order valence-corrected chi connectivity index (χ0v) is 10.7. The van der Waals surface area contributed by atoms with E-state index in [0.717, 1.165) is 29.2 Å². The second-order valence-corrected chi connectivity index (χ2v) is 4.23. The van der Waals surface area contributed by atoms with Crippen molar-refractivity contribution in [2.45, 2.75) is 6.42 Å². The maximum Gasteiger partial charge on any atom is 0.222 e. The minimum absolute atomic E-state index is 0.601. The number of anilines is 1. The third-order valence-corrected chi connectivity index (χ3v) is 2.92. The van der Waals surface area contributed by atoms with Crippen LogP contribution in [0.1, 0.15) is 6.42 Å². The lowest BCUT2D eigenvalue weighted by Crippen LogP contribution is -1.97. The van der Waals surface area contributed by atoms with E-state index in [9.17, 15) is 0 Å². The molecule has 0 fully saturated rings. The summed E-state index contributed by atoms with van der Waals surface area (Å²) in [6.45, 7) is 1.38. The fourth-order valence-electron chi connectivity index (χ4n) is 1.96. The quantitative estimate of drug-likeness (QED) is 0.895. The van der Waals surface area contributed by atoms with Crippen molar-refractivity contribution in [3.63, 3.8) is 0 Å². The molecule has 3 rings (SSSR count). The van der Waals surface area contributed by atoms with E-state index in [1.165, 1.54) is 0 Å². The summed E-state index contributed by atoms with van der Waals surface area (Å²) in [5, 5.41) is 2.93. The van der Waals surface area contributed by atoms with E-state index >= 15 is 0 Å². The number of rotatable bonds is 2. The van der Waals surface area contributed by atoms with Crippen LogP contribution in [-0.2, 0) is 0 Å². The standard InChI is InChI=1S/C14H15N3O2/c1-15-14-16-6-5-11(17-14)10-3-4-12-13(9-10)19-8-2-7-18-12/h3-6,9H,2,7-8H2,1H3,(H,15,16,17). The molecule has 2 aromatic rings. The van der Waals surface area contributed by atoms with Gasteiger partial charge in [0.25, 0.3) is 0 Å². The molecule has 0 saturated heterocycles. The lowest BCUT2D eigenvalue weighted by Gasteiger charge is -2.09. The van der Waals surface area contributed by atoms with E-state index in [1.807, 2.05) is 24.3 Å². The van der Waals surface area contributed by atoms with Crippen molar-refractivity contribution in [3.8, 4) is 22.8 Å². The van der Waals surface area contributed by atoms with E-state index in [1.54, 1.807) is 13.2 Å². The van der Waals surface area contributed by atoms with Crippen molar-refractivity contribution in [2.75, 3.05) is 25.6 Å². The maximum absolute atomic E-state index is 5.68. The molecule has 19 heavy (non-hydrogen) atoms. The molecule has 1 aromatic heterocycles. The highest BCUT2D eigenvalue weighted by atomic mass is 16.5. The van der Waals surface area contributed by atoms with Gasteiger partial charge in [0.05, 0.1) is 18.9 Å². The molecule has 5 nitrogen and oxygen atoms in total. The summed E-state index contributed by atoms with van der Waals surface area (Å²) in [5.74, 6) is 2.17. The first-order valence-electron chi connectivity index (χ1n) is 6.27. The van der Waals surface area contributed by atoms with Gasteiger partial charge in [-0.25, -0.2) is 9.97 Å². The predicted octanol–water partition coefficient (Wildman–Crippen LogP) is 2.35. The lowest BCUT2D eigenvalue weighted by atomic mass is 10.1. The number of nitrogens with one attached hydrogen (secondary N) is 1. The maximum atomic E-state index is 5.68. The second-order valence-electron chi connectivity index (χ2n) is 4.23. The van der Waals surface area contributed by atoms with Gasteiger partial charge >= 0.3 is 0 Å². The van der Waals surface area contributed by atoms with Gasteiger partial charge in [-0.3, -0.25) is 0 Å². The molecule has 1 aliphatic heterocycles. The average Bonchev–Trinajstić information content (AvgIpc) is 2.71. The van der Waals surface area contributed by atoms with Gasteiger partial charge in [-0.1, -0.05) is 0 Å². The van der Waals surface area contributed by atoms with E-state index < -0.39 is 0 Å². The Bertz CT molecular complexity index is 587. The minimum Gasteiger partial charge on any atom is -0.490 e. The number of fused-ring (bicyclic) bond motifs is 1. The SMILES string of the molecule is CNc1nccc(-c2ccc3c(c2)OCCCO3)n1. The van der Waals surface area contributed by atoms with Crippen molar-refractivity contribution in [3.05, 3.63) is 30.5 Å². The fraction of sp³-hybridized carbons (Fsp3) is 0.286. The van der Waals surface area contributed by atoms with Crippen LogP contribution in [0.2, 0.25) is 0 Å². The number of hydrogen-bond donors (Lipinski definition) is 1. The van der Waals surface area contributed by atoms with E-state index in [0.29, 0.717) is 19.2 Å². The Morgan fingerprint density at radius 1 is 1.11 bits per heavy atom. The van der Waals surface area contributed by atoms with E-state index in [-0.39, 0.29) is 0 Å². The molecule has 0 bridgehead atoms. The van der Waals surface area contributed by atoms with Gasteiger partial charge in [-0.15, -0.1) is 0 Å². The largest absolute Gasteiger partial charge is 0.490 e. The van der Waals surface area contributed by atoms with Crippen LogP contribution in [0.5, 0.6) is 11.5 Å². The topological polar surface area (TPSA) is 56.3 Å². The summed E-state index contributed by atoms with van der Waals surface area (Å²) in [6.07, 6.45) is 2.64. The van der Waals surface area contributed by atoms with E-state index in [2.05, 4.69) is 15.3 Å². The van der Waals surface area contributed by atoms with Crippen LogP contribution in [0.3, 0.4) is 0 Å². The van der Waals surface area contributed by atoms with Gasteiger partial charge in [0, 0.05) is 25.2 Å². The third kappa shape index (κ3) is 2.45. The van der Waals surface area contributed by atoms with Crippen LogP contribution < -0.4 is 14.8 Å². The Labute approximate surface area is 111 Å². The Morgan fingerprint density at radius 2 is 1.95 bits per heavy atom. The number of hydrogen-bond acceptors (Lipinski definition) is 5. The Balaban J connectivity index is 1.98. The summed E-state index contributed by atoms with van der Waals surface area (Å²) in [5.41, 5.74) is 1.85. The summed E-state index contributed by atoms with van der Waals surface area (Å²) < 4.78 is 11.3. The van der Waals surface area contributed by atoms with Crippen molar-refractivity contribution >= 4 is 5.95 Å². The molecule has 0 aliphatic carbocycles. The van der Waals surface area contributed by atoms with Crippen LogP contribution in [0.15, 0.2) is 30.5 Å². The smallest absolute Gasteiger partial charge is 0.222 e. The first-order chi connectivity index (χ1) is 9.36. The van der Waals surface area contributed by atoms with Gasteiger partial charge in [-0.05, 0) is 24.3 Å². The van der Waals surface area contributed by atoms with Crippen LogP contribution >= 0.6 is 0 Å². The summed E-state index contributed by atoms with van der Waals surface area (Å²) in [4.78, 5) is 8.52. The molecule has 0 radical (unpaired) electrons. The Morgan fingerprint density at radius 3 is 2.79 bits per heavy atom. The third-order valence-electron chi connectivity index (χ3n) is 2.92. The molecule has 0 spiro atoms. The zero-order chi connectivity index (χ0) is 13.1. The second kappa shape index (κ2) is 5.14. The molecule has 0 amide bonds. The molecular weight excluding hydrogens is 242 g/mol. The highest BCUT2D eigenvalue weighted by Crippen LogP contribution is 2.33. The minimum atomic E-state index is 0.601.